The van der Waals surface area contributed by atoms with E-state index < -0.39 is 74.0 Å². The predicted molar refractivity (Wildman–Crippen MR) is 109 cm³/mol. The summed E-state index contributed by atoms with van der Waals surface area (Å²) < 4.78 is 11.5. The molecule has 2 aromatic rings. The zero-order valence-electron chi connectivity index (χ0n) is 17.4. The molecule has 2 aliphatic heterocycles. The number of nitrogens with zero attached hydrogens (tertiary/aromatic N) is 4. The summed E-state index contributed by atoms with van der Waals surface area (Å²) in [6.07, 6.45) is -7.32. The highest BCUT2D eigenvalue weighted by atomic mass is 32.1. The highest BCUT2D eigenvalue weighted by molar-refractivity contribution is 7.09. The second-order valence-corrected chi connectivity index (χ2v) is 8.23. The number of primary amides is 2. The molecule has 0 radical (unpaired) electrons. The first-order chi connectivity index (χ1) is 16.1. The quantitative estimate of drug-likeness (QED) is 0.184. The van der Waals surface area contributed by atoms with Crippen molar-refractivity contribution in [1.82, 2.24) is 19.7 Å². The number of aromatic nitrogens is 4. The van der Waals surface area contributed by atoms with Gasteiger partial charge in [0, 0.05) is 5.38 Å². The smallest absolute Gasteiger partial charge is 0.288 e. The van der Waals surface area contributed by atoms with E-state index in [1.165, 1.54) is 5.38 Å². The summed E-state index contributed by atoms with van der Waals surface area (Å²) >= 11 is 1.10. The van der Waals surface area contributed by atoms with Crippen molar-refractivity contribution >= 4 is 23.2 Å². The maximum absolute atomic E-state index is 10.9. The topological polar surface area (TPSA) is 270 Å². The first kappa shape index (κ1) is 26.0. The molecule has 2 amide bonds. The van der Waals surface area contributed by atoms with E-state index in [0.717, 1.165) is 22.3 Å². The molecule has 8 atom stereocenters. The van der Waals surface area contributed by atoms with E-state index in [1.807, 2.05) is 0 Å². The number of rotatable bonds is 6. The van der Waals surface area contributed by atoms with Crippen LogP contribution in [0.2, 0.25) is 0 Å². The molecule has 2 fully saturated rings. The number of nitrogens with two attached hydrogens (primary N) is 2. The molecular weight excluding hydrogens is 480 g/mol. The van der Waals surface area contributed by atoms with Crippen LogP contribution in [-0.2, 0) is 9.47 Å². The summed E-state index contributed by atoms with van der Waals surface area (Å²) in [5, 5.41) is 61.8. The highest BCUT2D eigenvalue weighted by Crippen LogP contribution is 2.35. The first-order valence-electron chi connectivity index (χ1n) is 9.80. The van der Waals surface area contributed by atoms with E-state index in [9.17, 15) is 30.0 Å². The minimum absolute atomic E-state index is 0.0859. The Kier molecular flexibility index (Phi) is 8.23. The minimum atomic E-state index is -1.27. The number of ether oxygens (including phenoxy) is 2. The van der Waals surface area contributed by atoms with Crippen LogP contribution in [0.15, 0.2) is 11.7 Å². The second-order valence-electron chi connectivity index (χ2n) is 7.34. The number of hydrogen-bond donors (Lipinski definition) is 8. The van der Waals surface area contributed by atoms with Gasteiger partial charge in [0.2, 0.25) is 5.82 Å². The molecule has 2 aliphatic rings. The molecule has 0 bridgehead atoms. The monoisotopic (exact) mass is 504 g/mol. The summed E-state index contributed by atoms with van der Waals surface area (Å²) in [5.41, 5.74) is 10.1. The average Bonchev–Trinajstić information content (AvgIpc) is 3.58. The Hall–Kier alpha value is -2.61. The highest BCUT2D eigenvalue weighted by Gasteiger charge is 2.45. The number of amides is 2. The Morgan fingerprint density at radius 1 is 0.971 bits per heavy atom. The van der Waals surface area contributed by atoms with Crippen molar-refractivity contribution in [3.05, 3.63) is 28.2 Å². The van der Waals surface area contributed by atoms with E-state index in [2.05, 4.69) is 15.1 Å². The fourth-order valence-corrected chi connectivity index (χ4v) is 4.13. The summed E-state index contributed by atoms with van der Waals surface area (Å²) in [6, 6.07) is 0. The minimum Gasteiger partial charge on any atom is -0.394 e. The van der Waals surface area contributed by atoms with Gasteiger partial charge in [-0.05, 0) is 0 Å². The van der Waals surface area contributed by atoms with Crippen LogP contribution < -0.4 is 11.5 Å². The van der Waals surface area contributed by atoms with E-state index in [4.69, 9.17) is 31.2 Å². The van der Waals surface area contributed by atoms with Gasteiger partial charge in [-0.2, -0.15) is 0 Å². The Labute approximate surface area is 195 Å². The van der Waals surface area contributed by atoms with Crippen molar-refractivity contribution < 1.29 is 49.7 Å². The van der Waals surface area contributed by atoms with Crippen molar-refractivity contribution in [2.45, 2.75) is 49.0 Å². The largest absolute Gasteiger partial charge is 0.394 e. The average molecular weight is 504 g/mol. The van der Waals surface area contributed by atoms with Gasteiger partial charge in [-0.25, -0.2) is 14.6 Å². The number of thiazole rings is 1. The Morgan fingerprint density at radius 3 is 2.06 bits per heavy atom. The number of aliphatic hydroxyl groups is 6. The van der Waals surface area contributed by atoms with Crippen LogP contribution >= 0.6 is 11.3 Å². The molecule has 2 aromatic heterocycles. The van der Waals surface area contributed by atoms with E-state index >= 15 is 0 Å². The lowest BCUT2D eigenvalue weighted by Crippen LogP contribution is -2.33. The van der Waals surface area contributed by atoms with Gasteiger partial charge in [-0.1, -0.05) is 0 Å². The van der Waals surface area contributed by atoms with Gasteiger partial charge in [-0.3, -0.25) is 9.59 Å². The van der Waals surface area contributed by atoms with Crippen LogP contribution in [0.25, 0.3) is 0 Å². The van der Waals surface area contributed by atoms with Crippen LogP contribution in [0.3, 0.4) is 0 Å². The molecular formula is C17H24N6O10S. The maximum Gasteiger partial charge on any atom is 0.288 e. The SMILES string of the molecule is NC(=O)c1csc([C@@H]2O[C@H](CO)[C@@H](O)[C@H]2O)n1.NC(=O)c1ncn([C@@H]2O[C@H](CO)[C@@H](O)[C@H]2O)n1. The zero-order valence-corrected chi connectivity index (χ0v) is 18.2. The summed E-state index contributed by atoms with van der Waals surface area (Å²) in [5.74, 6) is -1.70. The number of carbonyl (C=O) groups excluding carboxylic acids is 2. The molecule has 188 valence electrons. The zero-order chi connectivity index (χ0) is 25.2. The van der Waals surface area contributed by atoms with Crippen molar-refractivity contribution in [3.63, 3.8) is 0 Å². The third-order valence-electron chi connectivity index (χ3n) is 5.07. The van der Waals surface area contributed by atoms with E-state index in [0.29, 0.717) is 5.01 Å². The van der Waals surface area contributed by atoms with Crippen LogP contribution in [-0.4, -0.2) is 112 Å². The lowest BCUT2D eigenvalue weighted by atomic mass is 10.1. The fraction of sp³-hybridized carbons (Fsp3) is 0.588. The van der Waals surface area contributed by atoms with Crippen molar-refractivity contribution in [2.24, 2.45) is 11.5 Å². The lowest BCUT2D eigenvalue weighted by molar-refractivity contribution is -0.0588. The van der Waals surface area contributed by atoms with Crippen LogP contribution in [0, 0.1) is 0 Å². The predicted octanol–water partition coefficient (Wildman–Crippen LogP) is -4.62. The van der Waals surface area contributed by atoms with Gasteiger partial charge in [0.25, 0.3) is 11.8 Å². The van der Waals surface area contributed by atoms with Crippen molar-refractivity contribution in [1.29, 1.82) is 0 Å². The summed E-state index contributed by atoms with van der Waals surface area (Å²) in [4.78, 5) is 29.2. The molecule has 0 saturated carbocycles. The van der Waals surface area contributed by atoms with Crippen LogP contribution in [0.5, 0.6) is 0 Å². The summed E-state index contributed by atoms with van der Waals surface area (Å²) in [6.45, 7) is -0.838. The first-order valence-corrected chi connectivity index (χ1v) is 10.7. The van der Waals surface area contributed by atoms with Crippen LogP contribution in [0.4, 0.5) is 0 Å². The Bertz CT molecular complexity index is 925. The molecule has 0 unspecified atom stereocenters. The molecule has 0 aromatic carbocycles. The Balaban J connectivity index is 0.000000191. The Morgan fingerprint density at radius 2 is 1.59 bits per heavy atom. The second kappa shape index (κ2) is 10.8. The fourth-order valence-electron chi connectivity index (χ4n) is 3.24. The number of aliphatic hydroxyl groups excluding tert-OH is 6. The van der Waals surface area contributed by atoms with E-state index in [1.54, 1.807) is 0 Å². The maximum atomic E-state index is 10.9. The number of carbonyl (C=O) groups is 2. The normalized spacial score (nSPS) is 32.9. The van der Waals surface area contributed by atoms with Gasteiger partial charge < -0.3 is 51.6 Å². The van der Waals surface area contributed by atoms with E-state index in [-0.39, 0.29) is 11.5 Å². The molecule has 4 rings (SSSR count). The molecule has 34 heavy (non-hydrogen) atoms. The summed E-state index contributed by atoms with van der Waals surface area (Å²) in [7, 11) is 0. The van der Waals surface area contributed by atoms with Crippen molar-refractivity contribution in [3.8, 4) is 0 Å². The van der Waals surface area contributed by atoms with Gasteiger partial charge in [0.15, 0.2) is 6.23 Å². The molecule has 16 nitrogen and oxygen atoms in total. The van der Waals surface area contributed by atoms with Crippen LogP contribution in [0.1, 0.15) is 38.4 Å². The number of hydrogen-bond acceptors (Lipinski definition) is 14. The molecule has 0 spiro atoms. The molecule has 0 aliphatic carbocycles. The third-order valence-corrected chi connectivity index (χ3v) is 5.97. The molecule has 2 saturated heterocycles. The lowest BCUT2D eigenvalue weighted by Gasteiger charge is -2.13. The van der Waals surface area contributed by atoms with Crippen molar-refractivity contribution in [2.75, 3.05) is 13.2 Å². The van der Waals surface area contributed by atoms with Gasteiger partial charge in [0.05, 0.1) is 13.2 Å². The third kappa shape index (κ3) is 5.22. The molecule has 10 N–H and O–H groups in total. The van der Waals surface area contributed by atoms with Gasteiger partial charge >= 0.3 is 0 Å². The molecule has 17 heteroatoms. The van der Waals surface area contributed by atoms with Gasteiger partial charge in [-0.15, -0.1) is 16.4 Å². The standard InChI is InChI=1S/C9H12N2O5S.C8H12N4O5/c10-8(15)3-2-17-9(11-3)7-6(14)5(13)4(1-12)16-7;9-6(16)7-10-2-12(11-7)8-5(15)4(14)3(1-13)17-8/h2,4-7,12-14H,1H2,(H2,10,15);2-5,8,13-15H,1H2,(H2,9,16)/t4-,5-,6-,7-;3-,4-,5-,8-/m11/s1. The molecule has 4 heterocycles. The van der Waals surface area contributed by atoms with Gasteiger partial charge in [0.1, 0.15) is 59.8 Å².